The Bertz CT molecular complexity index is 442. The second-order valence-corrected chi connectivity index (χ2v) is 7.94. The van der Waals surface area contributed by atoms with Crippen LogP contribution >= 0.6 is 34.5 Å². The van der Waals surface area contributed by atoms with Gasteiger partial charge in [0.05, 0.1) is 4.34 Å². The maximum atomic E-state index is 11.8. The fourth-order valence-electron chi connectivity index (χ4n) is 0.938. The van der Waals surface area contributed by atoms with E-state index in [4.69, 9.17) is 23.2 Å². The first kappa shape index (κ1) is 14.3. The maximum Gasteiger partial charge on any atom is 0.250 e. The van der Waals surface area contributed by atoms with Crippen LogP contribution < -0.4 is 4.72 Å². The number of alkyl halides is 1. The number of rotatable bonds is 5. The quantitative estimate of drug-likeness (QED) is 0.850. The summed E-state index contributed by atoms with van der Waals surface area (Å²) < 4.78 is 26.6. The molecule has 1 heterocycles. The maximum absolute atomic E-state index is 11.8. The minimum Gasteiger partial charge on any atom is -0.209 e. The molecule has 1 aromatic heterocycles. The third-order valence-corrected chi connectivity index (χ3v) is 5.81. The average Bonchev–Trinajstić information content (AvgIpc) is 2.61. The van der Waals surface area contributed by atoms with Crippen LogP contribution in [0.3, 0.4) is 0 Å². The molecule has 7 heteroatoms. The lowest BCUT2D eigenvalue weighted by Crippen LogP contribution is -2.31. The number of sulfonamides is 1. The molecule has 16 heavy (non-hydrogen) atoms. The van der Waals surface area contributed by atoms with Crippen LogP contribution in [0.15, 0.2) is 16.3 Å². The fourth-order valence-corrected chi connectivity index (χ4v) is 3.69. The van der Waals surface area contributed by atoms with Gasteiger partial charge in [-0.15, -0.1) is 22.9 Å². The van der Waals surface area contributed by atoms with Crippen LogP contribution in [0.1, 0.15) is 13.8 Å². The minimum absolute atomic E-state index is 0.213. The molecule has 0 saturated heterocycles. The van der Waals surface area contributed by atoms with Crippen LogP contribution in [0, 0.1) is 5.92 Å². The molecule has 0 aliphatic rings. The summed E-state index contributed by atoms with van der Waals surface area (Å²) in [5, 5.41) is -0.217. The second-order valence-electron chi connectivity index (χ2n) is 3.67. The molecule has 0 aromatic carbocycles. The van der Waals surface area contributed by atoms with Crippen molar-refractivity contribution in [3.63, 3.8) is 0 Å². The Kier molecular flexibility index (Phi) is 5.07. The molecular formula is C9H13Cl2NO2S2. The average molecular weight is 302 g/mol. The Morgan fingerprint density at radius 1 is 1.44 bits per heavy atom. The van der Waals surface area contributed by atoms with Crippen LogP contribution in [-0.4, -0.2) is 20.3 Å². The van der Waals surface area contributed by atoms with E-state index in [0.29, 0.717) is 4.34 Å². The summed E-state index contributed by atoms with van der Waals surface area (Å²) in [6, 6.07) is 3.04. The van der Waals surface area contributed by atoms with Gasteiger partial charge in [0.2, 0.25) is 10.0 Å². The van der Waals surface area contributed by atoms with Gasteiger partial charge in [0.1, 0.15) is 4.21 Å². The molecule has 0 radical (unpaired) electrons. The fraction of sp³-hybridized carbons (Fsp3) is 0.556. The van der Waals surface area contributed by atoms with E-state index in [-0.39, 0.29) is 22.0 Å². The van der Waals surface area contributed by atoms with Crippen molar-refractivity contribution >= 4 is 44.6 Å². The zero-order valence-electron chi connectivity index (χ0n) is 8.91. The van der Waals surface area contributed by atoms with E-state index in [1.165, 1.54) is 6.07 Å². The third-order valence-electron chi connectivity index (χ3n) is 2.01. The first-order valence-corrected chi connectivity index (χ1v) is 7.83. The van der Waals surface area contributed by atoms with Gasteiger partial charge in [-0.1, -0.05) is 25.4 Å². The van der Waals surface area contributed by atoms with Crippen LogP contribution in [0.5, 0.6) is 0 Å². The summed E-state index contributed by atoms with van der Waals surface area (Å²) in [6.45, 7) is 4.10. The van der Waals surface area contributed by atoms with E-state index >= 15 is 0 Å². The number of nitrogens with one attached hydrogen (secondary N) is 1. The summed E-state index contributed by atoms with van der Waals surface area (Å²) in [7, 11) is -3.47. The van der Waals surface area contributed by atoms with Crippen molar-refractivity contribution in [2.45, 2.75) is 23.4 Å². The Labute approximate surface area is 110 Å². The second kappa shape index (κ2) is 5.69. The molecule has 3 nitrogen and oxygen atoms in total. The molecule has 0 bridgehead atoms. The Hall–Kier alpha value is 0.190. The zero-order chi connectivity index (χ0) is 12.3. The summed E-state index contributed by atoms with van der Waals surface area (Å²) in [4.78, 5) is 0. The first-order valence-electron chi connectivity index (χ1n) is 4.72. The predicted octanol–water partition coefficient (Wildman–Crippen LogP) is 2.94. The number of thiophene rings is 1. The van der Waals surface area contributed by atoms with Gasteiger partial charge >= 0.3 is 0 Å². The molecule has 0 saturated carbocycles. The highest BCUT2D eigenvalue weighted by atomic mass is 35.5. The largest absolute Gasteiger partial charge is 0.250 e. The van der Waals surface area contributed by atoms with Gasteiger partial charge in [0.25, 0.3) is 0 Å². The van der Waals surface area contributed by atoms with Crippen molar-refractivity contribution in [2.24, 2.45) is 5.92 Å². The number of hydrogen-bond acceptors (Lipinski definition) is 3. The molecule has 1 rings (SSSR count). The lowest BCUT2D eigenvalue weighted by Gasteiger charge is -2.13. The summed E-state index contributed by atoms with van der Waals surface area (Å²) in [6.07, 6.45) is 0. The van der Waals surface area contributed by atoms with Crippen molar-refractivity contribution in [1.29, 1.82) is 0 Å². The number of hydrogen-bond donors (Lipinski definition) is 1. The Morgan fingerprint density at radius 2 is 2.06 bits per heavy atom. The Balaban J connectivity index is 2.67. The topological polar surface area (TPSA) is 46.2 Å². The third kappa shape index (κ3) is 3.89. The summed E-state index contributed by atoms with van der Waals surface area (Å²) in [5.41, 5.74) is 0. The van der Waals surface area contributed by atoms with Gasteiger partial charge in [0, 0.05) is 11.9 Å². The van der Waals surface area contributed by atoms with Crippen molar-refractivity contribution in [1.82, 2.24) is 4.72 Å². The summed E-state index contributed by atoms with van der Waals surface area (Å²) >= 11 is 12.7. The number of halogens is 2. The highest BCUT2D eigenvalue weighted by molar-refractivity contribution is 7.91. The predicted molar refractivity (Wildman–Crippen MR) is 69.0 cm³/mol. The van der Waals surface area contributed by atoms with Crippen molar-refractivity contribution in [2.75, 3.05) is 6.54 Å². The molecule has 0 aliphatic carbocycles. The highest BCUT2D eigenvalue weighted by Gasteiger charge is 2.19. The van der Waals surface area contributed by atoms with Gasteiger partial charge in [0.15, 0.2) is 0 Å². The van der Waals surface area contributed by atoms with Gasteiger partial charge in [-0.05, 0) is 18.1 Å². The Morgan fingerprint density at radius 3 is 2.50 bits per heavy atom. The lowest BCUT2D eigenvalue weighted by atomic mass is 10.1. The molecule has 1 unspecified atom stereocenters. The van der Waals surface area contributed by atoms with E-state index in [9.17, 15) is 8.42 Å². The summed E-state index contributed by atoms with van der Waals surface area (Å²) in [5.74, 6) is 0.219. The molecule has 1 aromatic rings. The zero-order valence-corrected chi connectivity index (χ0v) is 12.1. The normalized spacial score (nSPS) is 14.3. The lowest BCUT2D eigenvalue weighted by molar-refractivity contribution is 0.557. The highest BCUT2D eigenvalue weighted by Crippen LogP contribution is 2.25. The van der Waals surface area contributed by atoms with Gasteiger partial charge in [-0.2, -0.15) is 0 Å². The van der Waals surface area contributed by atoms with Crippen molar-refractivity contribution in [3.8, 4) is 0 Å². The molecule has 0 aliphatic heterocycles. The molecular weight excluding hydrogens is 289 g/mol. The smallest absolute Gasteiger partial charge is 0.209 e. The van der Waals surface area contributed by atoms with Crippen LogP contribution in [0.2, 0.25) is 4.34 Å². The van der Waals surface area contributed by atoms with Gasteiger partial charge in [-0.25, -0.2) is 13.1 Å². The molecule has 0 amide bonds. The molecule has 0 fully saturated rings. The van der Waals surface area contributed by atoms with Gasteiger partial charge < -0.3 is 0 Å². The SMILES string of the molecule is CC(C)C(Cl)CNS(=O)(=O)c1ccc(Cl)s1. The molecule has 1 atom stereocenters. The van der Waals surface area contributed by atoms with Crippen LogP contribution in [0.25, 0.3) is 0 Å². The first-order chi connectivity index (χ1) is 7.33. The van der Waals surface area contributed by atoms with Crippen molar-refractivity contribution < 1.29 is 8.42 Å². The molecule has 0 spiro atoms. The van der Waals surface area contributed by atoms with Gasteiger partial charge in [-0.3, -0.25) is 0 Å². The van der Waals surface area contributed by atoms with E-state index in [1.807, 2.05) is 13.8 Å². The minimum atomic E-state index is -3.47. The van der Waals surface area contributed by atoms with E-state index in [0.717, 1.165) is 11.3 Å². The van der Waals surface area contributed by atoms with Crippen molar-refractivity contribution in [3.05, 3.63) is 16.5 Å². The molecule has 1 N–H and O–H groups in total. The van der Waals surface area contributed by atoms with Crippen LogP contribution in [0.4, 0.5) is 0 Å². The monoisotopic (exact) mass is 301 g/mol. The van der Waals surface area contributed by atoms with E-state index in [2.05, 4.69) is 4.72 Å². The standard InChI is InChI=1S/C9H13Cl2NO2S2/c1-6(2)7(10)5-12-16(13,14)9-4-3-8(11)15-9/h3-4,6-7,12H,5H2,1-2H3. The van der Waals surface area contributed by atoms with E-state index < -0.39 is 10.0 Å². The van der Waals surface area contributed by atoms with E-state index in [1.54, 1.807) is 6.07 Å². The molecule has 92 valence electrons. The van der Waals surface area contributed by atoms with Crippen LogP contribution in [-0.2, 0) is 10.0 Å².